The van der Waals surface area contributed by atoms with Crippen molar-refractivity contribution in [3.05, 3.63) is 0 Å². The Morgan fingerprint density at radius 2 is 2.00 bits per heavy atom. The summed E-state index contributed by atoms with van der Waals surface area (Å²) in [5, 5.41) is 3.72. The van der Waals surface area contributed by atoms with E-state index in [9.17, 15) is 0 Å². The van der Waals surface area contributed by atoms with Crippen molar-refractivity contribution in [2.75, 3.05) is 20.3 Å². The summed E-state index contributed by atoms with van der Waals surface area (Å²) in [6.07, 6.45) is 9.78. The normalized spacial score (nSPS) is 34.9. The molecule has 0 aromatic rings. The van der Waals surface area contributed by atoms with Crippen molar-refractivity contribution in [2.24, 2.45) is 5.92 Å². The Balaban J connectivity index is 2.00. The molecular weight excluding hydrogens is 174 g/mol. The molecule has 1 aliphatic carbocycles. The molecule has 2 aliphatic rings. The lowest BCUT2D eigenvalue weighted by molar-refractivity contribution is 0.0649. The quantitative estimate of drug-likeness (QED) is 0.750. The first kappa shape index (κ1) is 10.4. The van der Waals surface area contributed by atoms with Crippen molar-refractivity contribution in [1.29, 1.82) is 0 Å². The van der Waals surface area contributed by atoms with Crippen molar-refractivity contribution in [3.8, 4) is 0 Å². The molecule has 1 unspecified atom stereocenters. The summed E-state index contributed by atoms with van der Waals surface area (Å²) in [6, 6.07) is 0. The van der Waals surface area contributed by atoms with Gasteiger partial charge in [-0.1, -0.05) is 19.3 Å². The molecule has 0 aromatic carbocycles. The average molecular weight is 197 g/mol. The highest BCUT2D eigenvalue weighted by Crippen LogP contribution is 2.37. The molecule has 0 bridgehead atoms. The molecule has 1 N–H and O–H groups in total. The summed E-state index contributed by atoms with van der Waals surface area (Å²) < 4.78 is 5.42. The lowest BCUT2D eigenvalue weighted by Crippen LogP contribution is -2.51. The van der Waals surface area contributed by atoms with E-state index in [1.807, 2.05) is 7.11 Å². The summed E-state index contributed by atoms with van der Waals surface area (Å²) in [4.78, 5) is 0. The van der Waals surface area contributed by atoms with Crippen LogP contribution in [0.4, 0.5) is 0 Å². The van der Waals surface area contributed by atoms with Crippen LogP contribution in [0.25, 0.3) is 0 Å². The highest BCUT2D eigenvalue weighted by molar-refractivity contribution is 4.99. The first-order valence-corrected chi connectivity index (χ1v) is 6.11. The van der Waals surface area contributed by atoms with Gasteiger partial charge in [0.1, 0.15) is 0 Å². The van der Waals surface area contributed by atoms with Gasteiger partial charge in [-0.3, -0.25) is 0 Å². The highest BCUT2D eigenvalue weighted by atomic mass is 16.5. The first-order chi connectivity index (χ1) is 6.87. The number of ether oxygens (including phenoxy) is 1. The zero-order valence-electron chi connectivity index (χ0n) is 9.35. The predicted molar refractivity (Wildman–Crippen MR) is 58.4 cm³/mol. The van der Waals surface area contributed by atoms with Crippen LogP contribution < -0.4 is 5.32 Å². The second-order valence-corrected chi connectivity index (χ2v) is 4.95. The Labute approximate surface area is 87.4 Å². The maximum absolute atomic E-state index is 5.42. The largest absolute Gasteiger partial charge is 0.383 e. The van der Waals surface area contributed by atoms with Crippen LogP contribution in [0, 0.1) is 5.92 Å². The molecule has 1 aliphatic heterocycles. The fourth-order valence-electron chi connectivity index (χ4n) is 3.33. The smallest absolute Gasteiger partial charge is 0.0647 e. The van der Waals surface area contributed by atoms with Gasteiger partial charge < -0.3 is 10.1 Å². The van der Waals surface area contributed by atoms with Gasteiger partial charge in [0.05, 0.1) is 6.61 Å². The Morgan fingerprint density at radius 1 is 1.21 bits per heavy atom. The van der Waals surface area contributed by atoms with Crippen LogP contribution in [0.15, 0.2) is 0 Å². The number of methoxy groups -OCH3 is 1. The summed E-state index contributed by atoms with van der Waals surface area (Å²) in [6.45, 7) is 2.11. The number of hydrogen-bond donors (Lipinski definition) is 1. The van der Waals surface area contributed by atoms with Crippen LogP contribution in [-0.2, 0) is 4.74 Å². The minimum Gasteiger partial charge on any atom is -0.383 e. The maximum Gasteiger partial charge on any atom is 0.0647 e. The van der Waals surface area contributed by atoms with Gasteiger partial charge in [0.25, 0.3) is 0 Å². The molecule has 14 heavy (non-hydrogen) atoms. The zero-order valence-corrected chi connectivity index (χ0v) is 9.35. The molecule has 0 aromatic heterocycles. The average Bonchev–Trinajstić information content (AvgIpc) is 2.70. The second kappa shape index (κ2) is 4.63. The molecule has 2 heteroatoms. The van der Waals surface area contributed by atoms with Gasteiger partial charge in [-0.15, -0.1) is 0 Å². The molecule has 0 amide bonds. The van der Waals surface area contributed by atoms with Crippen LogP contribution in [0.3, 0.4) is 0 Å². The molecular formula is C12H23NO. The molecule has 1 saturated heterocycles. The minimum absolute atomic E-state index is 0.342. The standard InChI is InChI=1S/C12H23NO/c1-14-10-12(8-5-9-13-12)11-6-3-2-4-7-11/h11,13H,2-10H2,1H3. The SMILES string of the molecule is COCC1(C2CCCCC2)CCCN1. The molecule has 2 nitrogen and oxygen atoms in total. The van der Waals surface area contributed by atoms with E-state index in [0.717, 1.165) is 12.5 Å². The zero-order chi connectivity index (χ0) is 9.86. The summed E-state index contributed by atoms with van der Waals surface area (Å²) in [7, 11) is 1.84. The Hall–Kier alpha value is -0.0800. The highest BCUT2D eigenvalue weighted by Gasteiger charge is 2.41. The van der Waals surface area contributed by atoms with E-state index in [4.69, 9.17) is 4.74 Å². The lowest BCUT2D eigenvalue weighted by Gasteiger charge is -2.39. The van der Waals surface area contributed by atoms with Gasteiger partial charge >= 0.3 is 0 Å². The molecule has 1 heterocycles. The molecule has 1 saturated carbocycles. The summed E-state index contributed by atoms with van der Waals surface area (Å²) in [5.74, 6) is 0.874. The van der Waals surface area contributed by atoms with E-state index < -0.39 is 0 Å². The van der Waals surface area contributed by atoms with Gasteiger partial charge in [0.2, 0.25) is 0 Å². The third-order valence-corrected chi connectivity index (χ3v) is 4.07. The third kappa shape index (κ3) is 1.96. The molecule has 1 atom stereocenters. The van der Waals surface area contributed by atoms with Crippen LogP contribution >= 0.6 is 0 Å². The van der Waals surface area contributed by atoms with Gasteiger partial charge in [0.15, 0.2) is 0 Å². The van der Waals surface area contributed by atoms with Crippen molar-refractivity contribution in [1.82, 2.24) is 5.32 Å². The molecule has 82 valence electrons. The number of nitrogens with one attached hydrogen (secondary N) is 1. The fourth-order valence-corrected chi connectivity index (χ4v) is 3.33. The predicted octanol–water partition coefficient (Wildman–Crippen LogP) is 2.34. The van der Waals surface area contributed by atoms with E-state index in [0.29, 0.717) is 5.54 Å². The topological polar surface area (TPSA) is 21.3 Å². The number of hydrogen-bond acceptors (Lipinski definition) is 2. The summed E-state index contributed by atoms with van der Waals surface area (Å²) in [5.41, 5.74) is 0.342. The van der Waals surface area contributed by atoms with E-state index in [2.05, 4.69) is 5.32 Å². The monoisotopic (exact) mass is 197 g/mol. The summed E-state index contributed by atoms with van der Waals surface area (Å²) >= 11 is 0. The van der Waals surface area contributed by atoms with Crippen molar-refractivity contribution in [3.63, 3.8) is 0 Å². The van der Waals surface area contributed by atoms with E-state index in [1.54, 1.807) is 0 Å². The third-order valence-electron chi connectivity index (χ3n) is 4.07. The fraction of sp³-hybridized carbons (Fsp3) is 1.00. The van der Waals surface area contributed by atoms with E-state index in [1.165, 1.54) is 51.5 Å². The van der Waals surface area contributed by atoms with Gasteiger partial charge in [-0.05, 0) is 38.1 Å². The first-order valence-electron chi connectivity index (χ1n) is 6.11. The van der Waals surface area contributed by atoms with Crippen molar-refractivity contribution in [2.45, 2.75) is 50.5 Å². The van der Waals surface area contributed by atoms with Gasteiger partial charge in [0, 0.05) is 12.6 Å². The Kier molecular flexibility index (Phi) is 3.45. The van der Waals surface area contributed by atoms with Crippen LogP contribution in [0.2, 0.25) is 0 Å². The molecule has 0 spiro atoms. The van der Waals surface area contributed by atoms with E-state index in [-0.39, 0.29) is 0 Å². The van der Waals surface area contributed by atoms with Gasteiger partial charge in [-0.2, -0.15) is 0 Å². The van der Waals surface area contributed by atoms with Crippen molar-refractivity contribution < 1.29 is 4.74 Å². The second-order valence-electron chi connectivity index (χ2n) is 4.95. The van der Waals surface area contributed by atoms with Crippen LogP contribution in [0.1, 0.15) is 44.9 Å². The maximum atomic E-state index is 5.42. The minimum atomic E-state index is 0.342. The number of rotatable bonds is 3. The lowest BCUT2D eigenvalue weighted by atomic mass is 9.74. The molecule has 2 fully saturated rings. The Morgan fingerprint density at radius 3 is 2.57 bits per heavy atom. The van der Waals surface area contributed by atoms with Crippen LogP contribution in [0.5, 0.6) is 0 Å². The Bertz CT molecular complexity index is 169. The van der Waals surface area contributed by atoms with E-state index >= 15 is 0 Å². The molecule has 2 rings (SSSR count). The van der Waals surface area contributed by atoms with Crippen molar-refractivity contribution >= 4 is 0 Å². The van der Waals surface area contributed by atoms with Crippen LogP contribution in [-0.4, -0.2) is 25.8 Å². The van der Waals surface area contributed by atoms with Gasteiger partial charge in [-0.25, -0.2) is 0 Å². The molecule has 0 radical (unpaired) electrons.